The minimum atomic E-state index is 0.839. The highest BCUT2D eigenvalue weighted by Crippen LogP contribution is 2.09. The van der Waals surface area contributed by atoms with Crippen molar-refractivity contribution in [2.75, 3.05) is 32.0 Å². The Morgan fingerprint density at radius 3 is 2.60 bits per heavy atom. The molecule has 0 bridgehead atoms. The molecule has 1 aliphatic heterocycles. The van der Waals surface area contributed by atoms with Gasteiger partial charge in [-0.2, -0.15) is 0 Å². The summed E-state index contributed by atoms with van der Waals surface area (Å²) in [6.45, 7) is 3.60. The normalized spacial score (nSPS) is 17.2. The third-order valence-electron chi connectivity index (χ3n) is 3.04. The van der Waals surface area contributed by atoms with Gasteiger partial charge in [-0.1, -0.05) is 0 Å². The second-order valence-electron chi connectivity index (χ2n) is 4.05. The monoisotopic (exact) mass is 209 g/mol. The van der Waals surface area contributed by atoms with E-state index in [1.165, 1.54) is 25.9 Å². The Bertz CT molecular complexity index is 314. The fourth-order valence-corrected chi connectivity index (χ4v) is 2.06. The van der Waals surface area contributed by atoms with Crippen molar-refractivity contribution in [2.45, 2.75) is 19.3 Å². The summed E-state index contributed by atoms with van der Waals surface area (Å²) < 4.78 is 2.02. The number of likely N-dealkylation sites (tertiary alicyclic amines) is 1. The van der Waals surface area contributed by atoms with Crippen LogP contribution in [0.1, 0.15) is 18.7 Å². The van der Waals surface area contributed by atoms with Crippen LogP contribution >= 0.6 is 0 Å². The van der Waals surface area contributed by atoms with Gasteiger partial charge in [0.2, 0.25) is 5.95 Å². The third kappa shape index (κ3) is 2.28. The first-order chi connectivity index (χ1) is 7.31. The first kappa shape index (κ1) is 10.4. The zero-order valence-electron chi connectivity index (χ0n) is 9.53. The van der Waals surface area contributed by atoms with Gasteiger partial charge in [0.05, 0.1) is 0 Å². The van der Waals surface area contributed by atoms with Gasteiger partial charge in [-0.3, -0.25) is 0 Å². The maximum absolute atomic E-state index is 4.17. The number of nitrogens with zero attached hydrogens (tertiary/aromatic N) is 4. The van der Waals surface area contributed by atoms with Gasteiger partial charge in [0.1, 0.15) is 5.82 Å². The molecule has 0 atom stereocenters. The van der Waals surface area contributed by atoms with Crippen LogP contribution in [-0.2, 0) is 13.5 Å². The number of hydrogen-bond donors (Lipinski definition) is 1. The largest absolute Gasteiger partial charge is 0.357 e. The lowest BCUT2D eigenvalue weighted by Gasteiger charge is -2.13. The van der Waals surface area contributed by atoms with Crippen LogP contribution in [0.2, 0.25) is 0 Å². The lowest BCUT2D eigenvalue weighted by Crippen LogP contribution is -2.23. The summed E-state index contributed by atoms with van der Waals surface area (Å²) in [6.07, 6.45) is 3.69. The molecule has 0 unspecified atom stereocenters. The highest BCUT2D eigenvalue weighted by Gasteiger charge is 2.13. The van der Waals surface area contributed by atoms with Crippen LogP contribution in [0.25, 0.3) is 0 Å². The highest BCUT2D eigenvalue weighted by molar-refractivity contribution is 5.23. The Morgan fingerprint density at radius 2 is 2.00 bits per heavy atom. The first-order valence-corrected chi connectivity index (χ1v) is 5.59. The smallest absolute Gasteiger partial charge is 0.224 e. The lowest BCUT2D eigenvalue weighted by molar-refractivity contribution is 0.339. The number of rotatable bonds is 4. The van der Waals surface area contributed by atoms with E-state index >= 15 is 0 Å². The first-order valence-electron chi connectivity index (χ1n) is 5.59. The molecule has 5 nitrogen and oxygen atoms in total. The van der Waals surface area contributed by atoms with E-state index in [4.69, 9.17) is 0 Å². The molecule has 0 aromatic carbocycles. The van der Waals surface area contributed by atoms with E-state index in [1.54, 1.807) is 0 Å². The van der Waals surface area contributed by atoms with E-state index in [9.17, 15) is 0 Å². The molecule has 5 heteroatoms. The molecule has 2 heterocycles. The quantitative estimate of drug-likeness (QED) is 0.784. The summed E-state index contributed by atoms with van der Waals surface area (Å²) in [6, 6.07) is 0. The van der Waals surface area contributed by atoms with Gasteiger partial charge in [-0.15, -0.1) is 10.2 Å². The molecule has 1 aromatic rings. The van der Waals surface area contributed by atoms with Gasteiger partial charge in [0.25, 0.3) is 0 Å². The van der Waals surface area contributed by atoms with Crippen LogP contribution in [0.4, 0.5) is 5.95 Å². The average Bonchev–Trinajstić information content (AvgIpc) is 2.85. The molecular weight excluding hydrogens is 190 g/mol. The van der Waals surface area contributed by atoms with Crippen molar-refractivity contribution in [3.63, 3.8) is 0 Å². The number of hydrogen-bond acceptors (Lipinski definition) is 4. The van der Waals surface area contributed by atoms with E-state index in [-0.39, 0.29) is 0 Å². The predicted octanol–water partition coefficient (Wildman–Crippen LogP) is 0.495. The lowest BCUT2D eigenvalue weighted by atomic mass is 10.3. The second-order valence-corrected chi connectivity index (χ2v) is 4.05. The van der Waals surface area contributed by atoms with Crippen LogP contribution in [0, 0.1) is 0 Å². The number of aromatic nitrogens is 3. The Morgan fingerprint density at radius 1 is 1.27 bits per heavy atom. The zero-order valence-corrected chi connectivity index (χ0v) is 9.53. The van der Waals surface area contributed by atoms with Crippen molar-refractivity contribution in [3.8, 4) is 0 Å². The van der Waals surface area contributed by atoms with Crippen LogP contribution in [-0.4, -0.2) is 46.3 Å². The van der Waals surface area contributed by atoms with E-state index in [1.807, 2.05) is 18.7 Å². The standard InChI is InChI=1S/C10H19N5/c1-11-10-13-12-9(14(10)2)5-8-15-6-3-4-7-15/h3-8H2,1-2H3,(H,11,13). The molecule has 1 N–H and O–H groups in total. The highest BCUT2D eigenvalue weighted by atomic mass is 15.3. The van der Waals surface area contributed by atoms with Gasteiger partial charge >= 0.3 is 0 Å². The molecule has 1 aliphatic rings. The van der Waals surface area contributed by atoms with Crippen LogP contribution < -0.4 is 5.32 Å². The minimum Gasteiger partial charge on any atom is -0.357 e. The fraction of sp³-hybridized carbons (Fsp3) is 0.800. The molecule has 0 spiro atoms. The molecule has 1 saturated heterocycles. The minimum absolute atomic E-state index is 0.839. The summed E-state index contributed by atoms with van der Waals surface area (Å²) >= 11 is 0. The van der Waals surface area contributed by atoms with Gasteiger partial charge in [-0.05, 0) is 25.9 Å². The average molecular weight is 209 g/mol. The van der Waals surface area contributed by atoms with Crippen molar-refractivity contribution in [1.82, 2.24) is 19.7 Å². The Balaban J connectivity index is 1.89. The molecule has 84 valence electrons. The third-order valence-corrected chi connectivity index (χ3v) is 3.04. The maximum Gasteiger partial charge on any atom is 0.224 e. The van der Waals surface area contributed by atoms with Crippen LogP contribution in [0.15, 0.2) is 0 Å². The van der Waals surface area contributed by atoms with Gasteiger partial charge < -0.3 is 14.8 Å². The summed E-state index contributed by atoms with van der Waals surface area (Å²) in [5.41, 5.74) is 0. The van der Waals surface area contributed by atoms with Crippen LogP contribution in [0.3, 0.4) is 0 Å². The van der Waals surface area contributed by atoms with Crippen molar-refractivity contribution >= 4 is 5.95 Å². The Hall–Kier alpha value is -1.10. The summed E-state index contributed by atoms with van der Waals surface area (Å²) in [4.78, 5) is 2.49. The van der Waals surface area contributed by atoms with Crippen molar-refractivity contribution in [1.29, 1.82) is 0 Å². The molecule has 15 heavy (non-hydrogen) atoms. The van der Waals surface area contributed by atoms with Crippen molar-refractivity contribution in [2.24, 2.45) is 7.05 Å². The summed E-state index contributed by atoms with van der Waals surface area (Å²) in [5, 5.41) is 11.3. The maximum atomic E-state index is 4.17. The van der Waals surface area contributed by atoms with E-state index < -0.39 is 0 Å². The fourth-order valence-electron chi connectivity index (χ4n) is 2.06. The number of nitrogens with one attached hydrogen (secondary N) is 1. The van der Waals surface area contributed by atoms with Gasteiger partial charge in [0, 0.05) is 27.1 Å². The molecule has 0 amide bonds. The van der Waals surface area contributed by atoms with E-state index in [0.717, 1.165) is 24.7 Å². The molecule has 1 aromatic heterocycles. The molecule has 0 radical (unpaired) electrons. The predicted molar refractivity (Wildman–Crippen MR) is 59.9 cm³/mol. The molecule has 0 aliphatic carbocycles. The second kappa shape index (κ2) is 4.61. The molecule has 0 saturated carbocycles. The molecule has 1 fully saturated rings. The van der Waals surface area contributed by atoms with Gasteiger partial charge in [0.15, 0.2) is 0 Å². The zero-order chi connectivity index (χ0) is 10.7. The summed E-state index contributed by atoms with van der Waals surface area (Å²) in [7, 11) is 3.87. The number of anilines is 1. The SMILES string of the molecule is CNc1nnc(CCN2CCCC2)n1C. The van der Waals surface area contributed by atoms with E-state index in [2.05, 4.69) is 20.4 Å². The molecular formula is C10H19N5. The van der Waals surface area contributed by atoms with E-state index in [0.29, 0.717) is 0 Å². The molecule has 2 rings (SSSR count). The Kier molecular flexibility index (Phi) is 3.20. The van der Waals surface area contributed by atoms with Crippen molar-refractivity contribution < 1.29 is 0 Å². The van der Waals surface area contributed by atoms with Crippen molar-refractivity contribution in [3.05, 3.63) is 5.82 Å². The Labute approximate surface area is 90.5 Å². The van der Waals surface area contributed by atoms with Gasteiger partial charge in [-0.25, -0.2) is 0 Å². The topological polar surface area (TPSA) is 46.0 Å². The summed E-state index contributed by atoms with van der Waals surface area (Å²) in [5.74, 6) is 1.90. The van der Waals surface area contributed by atoms with Crippen LogP contribution in [0.5, 0.6) is 0 Å².